The molecule has 2 aliphatic heterocycles. The van der Waals surface area contributed by atoms with E-state index in [4.69, 9.17) is 17.3 Å². The van der Waals surface area contributed by atoms with Crippen molar-refractivity contribution in [2.45, 2.75) is 69.2 Å². The smallest absolute Gasteiger partial charge is 0.246 e. The number of likely N-dealkylation sites (tertiary alicyclic amines) is 1. The highest BCUT2D eigenvalue weighted by Gasteiger charge is 2.37. The van der Waals surface area contributed by atoms with Crippen molar-refractivity contribution in [1.82, 2.24) is 15.5 Å². The van der Waals surface area contributed by atoms with Gasteiger partial charge in [0.1, 0.15) is 6.04 Å². The van der Waals surface area contributed by atoms with Crippen molar-refractivity contribution >= 4 is 77.4 Å². The Morgan fingerprint density at radius 1 is 1.15 bits per heavy atom. The minimum absolute atomic E-state index is 0.00634. The van der Waals surface area contributed by atoms with E-state index in [2.05, 4.69) is 33.9 Å². The number of carbonyl (C=O) groups is 4. The highest BCUT2D eigenvalue weighted by Crippen LogP contribution is 2.42. The molecule has 0 radical (unpaired) electrons. The van der Waals surface area contributed by atoms with Crippen molar-refractivity contribution in [3.8, 4) is 0 Å². The van der Waals surface area contributed by atoms with E-state index in [-0.39, 0.29) is 61.4 Å². The van der Waals surface area contributed by atoms with Crippen molar-refractivity contribution in [1.29, 1.82) is 0 Å². The van der Waals surface area contributed by atoms with Crippen molar-refractivity contribution in [3.63, 3.8) is 0 Å². The van der Waals surface area contributed by atoms with Crippen molar-refractivity contribution in [3.05, 3.63) is 35.9 Å². The minimum Gasteiger partial charge on any atom is -0.384 e. The van der Waals surface area contributed by atoms with E-state index in [1.54, 1.807) is 0 Å². The third-order valence-electron chi connectivity index (χ3n) is 8.95. The zero-order valence-corrected chi connectivity index (χ0v) is 30.1. The first kappa shape index (κ1) is 38.1. The van der Waals surface area contributed by atoms with Crippen molar-refractivity contribution in [2.75, 3.05) is 55.0 Å². The number of carbonyl (C=O) groups excluding carboxylic acids is 4. The molecule has 4 rings (SSSR count). The first-order chi connectivity index (χ1) is 22.9. The Morgan fingerprint density at radius 3 is 2.52 bits per heavy atom. The van der Waals surface area contributed by atoms with Gasteiger partial charge in [-0.25, -0.2) is 0 Å². The number of imide groups is 1. The maximum atomic E-state index is 13.8. The lowest BCUT2D eigenvalue weighted by Gasteiger charge is -2.26. The Hall–Kier alpha value is -2.67. The molecule has 264 valence electrons. The summed E-state index contributed by atoms with van der Waals surface area (Å²) in [6.45, 7) is 5.11. The maximum absolute atomic E-state index is 13.8. The molecule has 0 spiro atoms. The van der Waals surface area contributed by atoms with Gasteiger partial charge in [-0.05, 0) is 61.7 Å². The molecule has 15 heteroatoms. The number of amides is 4. The van der Waals surface area contributed by atoms with Gasteiger partial charge < -0.3 is 31.9 Å². The molecule has 7 N–H and O–H groups in total. The summed E-state index contributed by atoms with van der Waals surface area (Å²) >= 11 is 10.3. The van der Waals surface area contributed by atoms with Gasteiger partial charge in [0.25, 0.3) is 0 Å². The van der Waals surface area contributed by atoms with E-state index in [1.165, 1.54) is 0 Å². The average Bonchev–Trinajstić information content (AvgIpc) is 3.57. The highest BCUT2D eigenvalue weighted by molar-refractivity contribution is 7.81. The minimum atomic E-state index is -3.62. The molecular formula is C33H48ClN6O6PS. The number of nitrogens with zero attached hydrogens (tertiary/aromatic N) is 1. The number of anilines is 2. The van der Waals surface area contributed by atoms with E-state index in [0.717, 1.165) is 33.5 Å². The number of hydrogen-bond donors (Lipinski definition) is 7. The lowest BCUT2D eigenvalue weighted by Crippen LogP contribution is -2.53. The molecule has 0 aromatic heterocycles. The number of unbranched alkanes of at least 4 members (excludes halogenated alkanes) is 1. The molecule has 1 fully saturated rings. The highest BCUT2D eigenvalue weighted by atomic mass is 35.5. The second-order valence-electron chi connectivity index (χ2n) is 12.9. The molecule has 2 aromatic rings. The number of alkyl halides is 1. The standard InChI is InChI=1S/C33H48ClN6O6PS/c1-20(2)30(36-12-7-14-47(45,46)15-13-40-28(41)17-27(48)33(40)44)32(43)38-24(10-5-6-11-35)31(42)39-25-16-26-29(21(18-34)19-37-26)23-9-4-3-8-22(23)25/h3-4,8-9,16,20-21,24,27,30,36-37,48H,5-7,10-15,17-19,35H2,1-2H3,(H,38,43)(H,39,42)(H,45,46)/t21-,24+,27?,30+/m1/s1. The maximum Gasteiger partial charge on any atom is 0.246 e. The summed E-state index contributed by atoms with van der Waals surface area (Å²) in [5.41, 5.74) is 8.43. The lowest BCUT2D eigenvalue weighted by molar-refractivity contribution is -0.137. The Bertz CT molecular complexity index is 1550. The van der Waals surface area contributed by atoms with Crippen LogP contribution in [0.2, 0.25) is 0 Å². The van der Waals surface area contributed by atoms with E-state index in [0.29, 0.717) is 43.8 Å². The molecule has 48 heavy (non-hydrogen) atoms. The monoisotopic (exact) mass is 722 g/mol. The summed E-state index contributed by atoms with van der Waals surface area (Å²) in [6, 6.07) is 8.33. The molecule has 4 amide bonds. The number of fused-ring (bicyclic) bond motifs is 3. The number of thiol groups is 1. The first-order valence-corrected chi connectivity index (χ1v) is 19.7. The van der Waals surface area contributed by atoms with Crippen LogP contribution < -0.4 is 27.0 Å². The average molecular weight is 723 g/mol. The van der Waals surface area contributed by atoms with Crippen LogP contribution in [0.3, 0.4) is 0 Å². The fraction of sp³-hybridized carbons (Fsp3) is 0.576. The van der Waals surface area contributed by atoms with Gasteiger partial charge in [-0.1, -0.05) is 38.1 Å². The van der Waals surface area contributed by atoms with Gasteiger partial charge in [0, 0.05) is 54.7 Å². The fourth-order valence-corrected chi connectivity index (χ4v) is 8.23. The number of nitrogens with one attached hydrogen (secondary N) is 4. The van der Waals surface area contributed by atoms with Crippen LogP contribution in [-0.2, 0) is 23.7 Å². The molecule has 2 aromatic carbocycles. The predicted molar refractivity (Wildman–Crippen MR) is 194 cm³/mol. The van der Waals surface area contributed by atoms with Crippen LogP contribution in [0.4, 0.5) is 11.4 Å². The Kier molecular flexibility index (Phi) is 13.8. The second-order valence-corrected chi connectivity index (χ2v) is 16.4. The molecule has 0 aliphatic carbocycles. The molecule has 0 saturated carbocycles. The number of hydrogen-bond acceptors (Lipinski definition) is 9. The Morgan fingerprint density at radius 2 is 1.88 bits per heavy atom. The third-order valence-corrected chi connectivity index (χ3v) is 11.6. The third kappa shape index (κ3) is 9.52. The lowest BCUT2D eigenvalue weighted by atomic mass is 9.94. The van der Waals surface area contributed by atoms with Gasteiger partial charge in [-0.3, -0.25) is 28.6 Å². The van der Waals surface area contributed by atoms with E-state index < -0.39 is 30.6 Å². The fourth-order valence-electron chi connectivity index (χ4n) is 6.28. The largest absolute Gasteiger partial charge is 0.384 e. The van der Waals surface area contributed by atoms with Gasteiger partial charge >= 0.3 is 0 Å². The number of halogens is 1. The quantitative estimate of drug-likeness (QED) is 0.0398. The molecule has 12 nitrogen and oxygen atoms in total. The van der Waals surface area contributed by atoms with Crippen molar-refractivity contribution < 1.29 is 28.6 Å². The molecular weight excluding hydrogens is 675 g/mol. The van der Waals surface area contributed by atoms with E-state index in [1.807, 2.05) is 44.2 Å². The summed E-state index contributed by atoms with van der Waals surface area (Å²) < 4.78 is 12.8. The number of nitrogens with two attached hydrogens (primary N) is 1. The van der Waals surface area contributed by atoms with Gasteiger partial charge in [-0.2, -0.15) is 12.6 Å². The molecule has 1 saturated heterocycles. The van der Waals surface area contributed by atoms with E-state index >= 15 is 0 Å². The van der Waals surface area contributed by atoms with Crippen LogP contribution >= 0.6 is 31.6 Å². The van der Waals surface area contributed by atoms with Gasteiger partial charge in [0.2, 0.25) is 31.0 Å². The van der Waals surface area contributed by atoms with Crippen LogP contribution in [0.15, 0.2) is 30.3 Å². The molecule has 0 bridgehead atoms. The normalized spacial score (nSPS) is 20.0. The number of benzene rings is 2. The summed E-state index contributed by atoms with van der Waals surface area (Å²) in [6.07, 6.45) is 1.81. The predicted octanol–water partition coefficient (Wildman–Crippen LogP) is 3.47. The Balaban J connectivity index is 1.37. The molecule has 2 heterocycles. The molecule has 2 aliphatic rings. The van der Waals surface area contributed by atoms with Crippen LogP contribution in [0.1, 0.15) is 57.4 Å². The molecule has 2 unspecified atom stereocenters. The summed E-state index contributed by atoms with van der Waals surface area (Å²) in [5, 5.41) is 13.8. The SMILES string of the molecule is CC(C)[C@H](NCCCP(=O)(O)CCN1C(=O)CC(S)C1=O)C(=O)N[C@@H](CCCCN)C(=O)Nc1cc2c(c3ccccc13)[C@H](CCl)CN2. The van der Waals surface area contributed by atoms with Gasteiger partial charge in [-0.15, -0.1) is 11.6 Å². The zero-order valence-electron chi connectivity index (χ0n) is 27.5. The summed E-state index contributed by atoms with van der Waals surface area (Å²) in [5.74, 6) is -0.999. The summed E-state index contributed by atoms with van der Waals surface area (Å²) in [4.78, 5) is 62.8. The van der Waals surface area contributed by atoms with E-state index in [9.17, 15) is 28.6 Å². The molecule has 5 atom stereocenters. The first-order valence-electron chi connectivity index (χ1n) is 16.6. The van der Waals surface area contributed by atoms with Crippen LogP contribution in [-0.4, -0.2) is 95.1 Å². The second kappa shape index (κ2) is 17.3. The zero-order chi connectivity index (χ0) is 35.0. The van der Waals surface area contributed by atoms with Crippen LogP contribution in [0.25, 0.3) is 10.8 Å². The van der Waals surface area contributed by atoms with Crippen LogP contribution in [0.5, 0.6) is 0 Å². The van der Waals surface area contributed by atoms with Gasteiger partial charge in [0.15, 0.2) is 0 Å². The van der Waals surface area contributed by atoms with Crippen LogP contribution in [0, 0.1) is 5.92 Å². The number of rotatable bonds is 18. The Labute approximate surface area is 292 Å². The van der Waals surface area contributed by atoms with Crippen molar-refractivity contribution in [2.24, 2.45) is 11.7 Å². The summed E-state index contributed by atoms with van der Waals surface area (Å²) in [7, 11) is -3.62. The van der Waals surface area contributed by atoms with Gasteiger partial charge in [0.05, 0.1) is 17.0 Å². The topological polar surface area (TPSA) is 183 Å².